The molecule has 3 aromatic carbocycles. The van der Waals surface area contributed by atoms with E-state index in [4.69, 9.17) is 32.6 Å². The Morgan fingerprint density at radius 1 is 0.914 bits per heavy atom. The van der Waals surface area contributed by atoms with Crippen LogP contribution in [0, 0.1) is 6.92 Å². The SMILES string of the molecule is Cc1c(C2=NOC(c3cc(Cl)cc(Cl)c3)(C(F)(F)F)C2)cccc1-c1noc(-c2ccccc2)n1. The minimum Gasteiger partial charge on any atom is -0.374 e. The molecule has 0 N–H and O–H groups in total. The van der Waals surface area contributed by atoms with Crippen LogP contribution in [0.4, 0.5) is 13.2 Å². The maximum Gasteiger partial charge on any atom is 0.435 e. The third-order valence-electron chi connectivity index (χ3n) is 5.85. The topological polar surface area (TPSA) is 60.5 Å². The maximum absolute atomic E-state index is 14.3. The van der Waals surface area contributed by atoms with Gasteiger partial charge in [0.1, 0.15) is 0 Å². The Hall–Kier alpha value is -3.36. The second-order valence-corrected chi connectivity index (χ2v) is 8.93. The zero-order valence-corrected chi connectivity index (χ0v) is 19.6. The zero-order valence-electron chi connectivity index (χ0n) is 18.1. The van der Waals surface area contributed by atoms with E-state index < -0.39 is 18.2 Å². The van der Waals surface area contributed by atoms with E-state index in [1.165, 1.54) is 18.2 Å². The second-order valence-electron chi connectivity index (χ2n) is 8.06. The zero-order chi connectivity index (χ0) is 24.8. The lowest BCUT2D eigenvalue weighted by atomic mass is 9.85. The Morgan fingerprint density at radius 3 is 2.29 bits per heavy atom. The van der Waals surface area contributed by atoms with Crippen LogP contribution in [0.2, 0.25) is 10.0 Å². The first-order chi connectivity index (χ1) is 16.7. The monoisotopic (exact) mass is 517 g/mol. The first-order valence-electron chi connectivity index (χ1n) is 10.5. The fourth-order valence-electron chi connectivity index (χ4n) is 4.06. The van der Waals surface area contributed by atoms with Gasteiger partial charge >= 0.3 is 6.18 Å². The number of rotatable bonds is 4. The molecule has 1 atom stereocenters. The Labute approximate surface area is 208 Å². The van der Waals surface area contributed by atoms with Crippen LogP contribution in [0.25, 0.3) is 22.8 Å². The van der Waals surface area contributed by atoms with E-state index in [0.717, 1.165) is 5.56 Å². The highest BCUT2D eigenvalue weighted by Crippen LogP contribution is 2.50. The van der Waals surface area contributed by atoms with Gasteiger partial charge in [-0.15, -0.1) is 0 Å². The first kappa shape index (κ1) is 23.4. The van der Waals surface area contributed by atoms with Crippen molar-refractivity contribution in [3.8, 4) is 22.8 Å². The summed E-state index contributed by atoms with van der Waals surface area (Å²) < 4.78 is 48.4. The van der Waals surface area contributed by atoms with Crippen molar-refractivity contribution < 1.29 is 22.5 Å². The third kappa shape index (κ3) is 4.17. The average molecular weight is 518 g/mol. The first-order valence-corrected chi connectivity index (χ1v) is 11.2. The van der Waals surface area contributed by atoms with Crippen molar-refractivity contribution in [3.63, 3.8) is 0 Å². The summed E-state index contributed by atoms with van der Waals surface area (Å²) in [7, 11) is 0. The third-order valence-corrected chi connectivity index (χ3v) is 6.28. The highest BCUT2D eigenvalue weighted by atomic mass is 35.5. The van der Waals surface area contributed by atoms with Crippen LogP contribution in [-0.4, -0.2) is 22.0 Å². The number of hydrogen-bond donors (Lipinski definition) is 0. The lowest BCUT2D eigenvalue weighted by molar-refractivity contribution is -0.275. The molecule has 178 valence electrons. The van der Waals surface area contributed by atoms with Crippen LogP contribution in [0.1, 0.15) is 23.1 Å². The molecule has 10 heteroatoms. The molecule has 0 spiro atoms. The summed E-state index contributed by atoms with van der Waals surface area (Å²) in [4.78, 5) is 9.58. The molecule has 4 aromatic rings. The average Bonchev–Trinajstić information content (AvgIpc) is 3.48. The van der Waals surface area contributed by atoms with E-state index in [-0.39, 0.29) is 21.3 Å². The summed E-state index contributed by atoms with van der Waals surface area (Å²) in [5, 5.41) is 8.05. The van der Waals surface area contributed by atoms with Gasteiger partial charge in [-0.1, -0.05) is 69.9 Å². The molecule has 5 rings (SSSR count). The molecule has 1 aromatic heterocycles. The summed E-state index contributed by atoms with van der Waals surface area (Å²) >= 11 is 12.0. The quantitative estimate of drug-likeness (QED) is 0.279. The number of halogens is 5. The summed E-state index contributed by atoms with van der Waals surface area (Å²) in [5.74, 6) is 0.646. The number of alkyl halides is 3. The fourth-order valence-corrected chi connectivity index (χ4v) is 4.58. The number of nitrogens with zero attached hydrogens (tertiary/aromatic N) is 3. The molecule has 0 aliphatic carbocycles. The molecule has 0 saturated heterocycles. The number of hydrogen-bond acceptors (Lipinski definition) is 5. The van der Waals surface area contributed by atoms with Gasteiger partial charge in [0.2, 0.25) is 5.82 Å². The largest absolute Gasteiger partial charge is 0.435 e. The summed E-state index contributed by atoms with van der Waals surface area (Å²) in [6.45, 7) is 1.76. The number of benzene rings is 3. The summed E-state index contributed by atoms with van der Waals surface area (Å²) in [6.07, 6.45) is -5.34. The van der Waals surface area contributed by atoms with E-state index in [1.807, 2.05) is 30.3 Å². The maximum atomic E-state index is 14.3. The van der Waals surface area contributed by atoms with E-state index in [0.29, 0.717) is 28.4 Å². The fraction of sp³-hybridized carbons (Fsp3) is 0.160. The van der Waals surface area contributed by atoms with Gasteiger partial charge in [0.05, 0.1) is 5.71 Å². The van der Waals surface area contributed by atoms with Crippen molar-refractivity contribution in [1.82, 2.24) is 10.1 Å². The van der Waals surface area contributed by atoms with Gasteiger partial charge < -0.3 is 9.36 Å². The van der Waals surface area contributed by atoms with Gasteiger partial charge in [0, 0.05) is 38.7 Å². The van der Waals surface area contributed by atoms with E-state index in [1.54, 1.807) is 25.1 Å². The molecule has 0 amide bonds. The van der Waals surface area contributed by atoms with Gasteiger partial charge in [0.15, 0.2) is 0 Å². The highest BCUT2D eigenvalue weighted by Gasteiger charge is 2.62. The lowest BCUT2D eigenvalue weighted by Crippen LogP contribution is -2.42. The molecule has 2 heterocycles. The standard InChI is InChI=1S/C25H16Cl2F3N3O2/c1-14-19(8-5-9-20(14)22-31-23(34-33-22)15-6-3-2-4-7-15)21-13-24(35-32-21,25(28,29)30)16-10-17(26)12-18(27)11-16/h2-12H,13H2,1H3. The van der Waals surface area contributed by atoms with Crippen molar-refractivity contribution >= 4 is 28.9 Å². The van der Waals surface area contributed by atoms with E-state index >= 15 is 0 Å². The van der Waals surface area contributed by atoms with Crippen LogP contribution in [0.15, 0.2) is 76.4 Å². The molecule has 1 aliphatic rings. The molecule has 5 nitrogen and oxygen atoms in total. The molecule has 0 fully saturated rings. The molecule has 0 radical (unpaired) electrons. The molecule has 1 aliphatic heterocycles. The molecule has 0 saturated carbocycles. The van der Waals surface area contributed by atoms with Gasteiger partial charge in [-0.2, -0.15) is 18.2 Å². The summed E-state index contributed by atoms with van der Waals surface area (Å²) in [5.41, 5.74) is -0.336. The van der Waals surface area contributed by atoms with Gasteiger partial charge in [-0.05, 0) is 42.8 Å². The minimum absolute atomic E-state index is 0.0673. The highest BCUT2D eigenvalue weighted by molar-refractivity contribution is 6.34. The Morgan fingerprint density at radius 2 is 1.60 bits per heavy atom. The van der Waals surface area contributed by atoms with Crippen molar-refractivity contribution in [2.45, 2.75) is 25.1 Å². The summed E-state index contributed by atoms with van der Waals surface area (Å²) in [6, 6.07) is 18.1. The molecular weight excluding hydrogens is 502 g/mol. The van der Waals surface area contributed by atoms with E-state index in [2.05, 4.69) is 15.3 Å². The van der Waals surface area contributed by atoms with Gasteiger partial charge in [-0.3, -0.25) is 0 Å². The number of oxime groups is 1. The van der Waals surface area contributed by atoms with Crippen molar-refractivity contribution in [2.24, 2.45) is 5.16 Å². The number of aromatic nitrogens is 2. The molecule has 1 unspecified atom stereocenters. The lowest BCUT2D eigenvalue weighted by Gasteiger charge is -2.29. The van der Waals surface area contributed by atoms with Crippen molar-refractivity contribution in [3.05, 3.63) is 93.5 Å². The predicted octanol–water partition coefficient (Wildman–Crippen LogP) is 7.60. The van der Waals surface area contributed by atoms with Crippen molar-refractivity contribution in [1.29, 1.82) is 0 Å². The Bertz CT molecular complexity index is 1420. The Kier molecular flexibility index (Phi) is 5.81. The van der Waals surface area contributed by atoms with E-state index in [9.17, 15) is 13.2 Å². The Balaban J connectivity index is 1.51. The van der Waals surface area contributed by atoms with Crippen LogP contribution in [0.3, 0.4) is 0 Å². The van der Waals surface area contributed by atoms with Gasteiger partial charge in [0.25, 0.3) is 11.5 Å². The predicted molar refractivity (Wildman–Crippen MR) is 126 cm³/mol. The normalized spacial score (nSPS) is 17.8. The van der Waals surface area contributed by atoms with Crippen LogP contribution >= 0.6 is 23.2 Å². The van der Waals surface area contributed by atoms with Gasteiger partial charge in [-0.25, -0.2) is 0 Å². The van der Waals surface area contributed by atoms with Crippen LogP contribution in [0.5, 0.6) is 0 Å². The molecular formula is C25H16Cl2F3N3O2. The van der Waals surface area contributed by atoms with Crippen molar-refractivity contribution in [2.75, 3.05) is 0 Å². The second kappa shape index (κ2) is 8.70. The molecule has 0 bridgehead atoms. The minimum atomic E-state index is -4.78. The smallest absolute Gasteiger partial charge is 0.374 e. The van der Waals surface area contributed by atoms with Crippen LogP contribution < -0.4 is 0 Å². The molecule has 35 heavy (non-hydrogen) atoms. The van der Waals surface area contributed by atoms with Crippen LogP contribution in [-0.2, 0) is 10.4 Å².